The Morgan fingerprint density at radius 1 is 1.26 bits per heavy atom. The Kier molecular flexibility index (Phi) is 5.63. The molecule has 0 bridgehead atoms. The number of hydrogen-bond acceptors (Lipinski definition) is 5. The number of benzene rings is 1. The minimum atomic E-state index is 0.344. The first-order valence-electron chi connectivity index (χ1n) is 8.34. The Hall–Kier alpha value is -1.45. The highest BCUT2D eigenvalue weighted by Gasteiger charge is 2.36. The van der Waals surface area contributed by atoms with Crippen LogP contribution in [0.4, 0.5) is 0 Å². The van der Waals surface area contributed by atoms with Gasteiger partial charge in [-0.25, -0.2) is 0 Å². The van der Waals surface area contributed by atoms with E-state index in [0.29, 0.717) is 25.4 Å². The summed E-state index contributed by atoms with van der Waals surface area (Å²) in [5.41, 5.74) is 1.97. The number of nitrogens with zero attached hydrogens (tertiary/aromatic N) is 3. The van der Waals surface area contributed by atoms with E-state index in [9.17, 15) is 0 Å². The summed E-state index contributed by atoms with van der Waals surface area (Å²) in [5.74, 6) is 0. The number of ether oxygens (including phenoxy) is 2. The molecule has 23 heavy (non-hydrogen) atoms. The lowest BCUT2D eigenvalue weighted by molar-refractivity contribution is 0.0220. The molecule has 0 aliphatic carbocycles. The third-order valence-electron chi connectivity index (χ3n) is 4.77. The Bertz CT molecular complexity index is 557. The van der Waals surface area contributed by atoms with Gasteiger partial charge in [-0.05, 0) is 24.1 Å². The maximum absolute atomic E-state index is 9.02. The summed E-state index contributed by atoms with van der Waals surface area (Å²) in [6.45, 7) is 6.60. The van der Waals surface area contributed by atoms with Gasteiger partial charge in [-0.3, -0.25) is 9.80 Å². The molecule has 0 N–H and O–H groups in total. The molecular weight excluding hydrogens is 290 g/mol. The van der Waals surface area contributed by atoms with Crippen molar-refractivity contribution in [2.45, 2.75) is 25.1 Å². The predicted octanol–water partition coefficient (Wildman–Crippen LogP) is 1.48. The Morgan fingerprint density at radius 3 is 3.00 bits per heavy atom. The number of piperazine rings is 1. The lowest BCUT2D eigenvalue weighted by Gasteiger charge is -2.37. The molecule has 0 amide bonds. The molecule has 5 nitrogen and oxygen atoms in total. The minimum absolute atomic E-state index is 0.344. The molecule has 124 valence electrons. The molecule has 0 spiro atoms. The molecule has 2 saturated heterocycles. The average Bonchev–Trinajstić information content (AvgIpc) is 2.97. The van der Waals surface area contributed by atoms with Gasteiger partial charge in [0.1, 0.15) is 0 Å². The summed E-state index contributed by atoms with van der Waals surface area (Å²) in [4.78, 5) is 5.05. The molecule has 1 aromatic carbocycles. The molecule has 2 fully saturated rings. The van der Waals surface area contributed by atoms with Crippen LogP contribution in [0, 0.1) is 11.3 Å². The van der Waals surface area contributed by atoms with Crippen LogP contribution >= 0.6 is 0 Å². The number of rotatable bonds is 6. The van der Waals surface area contributed by atoms with Gasteiger partial charge in [-0.1, -0.05) is 12.1 Å². The van der Waals surface area contributed by atoms with E-state index in [-0.39, 0.29) is 0 Å². The zero-order valence-corrected chi connectivity index (χ0v) is 13.8. The number of nitriles is 1. The van der Waals surface area contributed by atoms with Crippen LogP contribution in [0.25, 0.3) is 0 Å². The molecule has 2 heterocycles. The first kappa shape index (κ1) is 16.4. The van der Waals surface area contributed by atoms with Crippen molar-refractivity contribution in [1.29, 1.82) is 5.26 Å². The first-order chi connectivity index (χ1) is 11.3. The van der Waals surface area contributed by atoms with Crippen LogP contribution in [-0.4, -0.2) is 68.4 Å². The molecule has 0 unspecified atom stereocenters. The highest BCUT2D eigenvalue weighted by Crippen LogP contribution is 2.25. The molecule has 1 aromatic rings. The molecular formula is C18H25N3O2. The fourth-order valence-electron chi connectivity index (χ4n) is 3.62. The maximum atomic E-state index is 9.02. The normalized spacial score (nSPS) is 25.2. The van der Waals surface area contributed by atoms with E-state index in [2.05, 4.69) is 21.9 Å². The van der Waals surface area contributed by atoms with E-state index in [0.717, 1.165) is 44.7 Å². The van der Waals surface area contributed by atoms with Gasteiger partial charge in [0.05, 0.1) is 31.0 Å². The third kappa shape index (κ3) is 4.30. The molecule has 2 aliphatic rings. The second kappa shape index (κ2) is 7.89. The summed E-state index contributed by atoms with van der Waals surface area (Å²) in [5, 5.41) is 9.02. The summed E-state index contributed by atoms with van der Waals surface area (Å²) >= 11 is 0. The van der Waals surface area contributed by atoms with E-state index in [1.165, 1.54) is 5.56 Å². The second-order valence-electron chi connectivity index (χ2n) is 6.42. The number of hydrogen-bond donors (Lipinski definition) is 0. The summed E-state index contributed by atoms with van der Waals surface area (Å²) < 4.78 is 11.0. The van der Waals surface area contributed by atoms with E-state index < -0.39 is 0 Å². The zero-order chi connectivity index (χ0) is 16.1. The minimum Gasteiger partial charge on any atom is -0.382 e. The first-order valence-corrected chi connectivity index (χ1v) is 8.34. The third-order valence-corrected chi connectivity index (χ3v) is 4.77. The van der Waals surface area contributed by atoms with Crippen molar-refractivity contribution < 1.29 is 9.47 Å². The van der Waals surface area contributed by atoms with Crippen molar-refractivity contribution in [3.63, 3.8) is 0 Å². The molecule has 0 saturated carbocycles. The van der Waals surface area contributed by atoms with E-state index in [1.54, 1.807) is 7.11 Å². The summed E-state index contributed by atoms with van der Waals surface area (Å²) in [6, 6.07) is 10.8. The standard InChI is InChI=1S/C18H25N3O2/c1-22-7-8-23-18-10-17-13-20(5-6-21(17)14-18)12-16-4-2-3-15(9-16)11-19/h2-4,9,17-18H,5-8,10,12-14H2,1H3/t17-,18+/m0/s1. The van der Waals surface area contributed by atoms with Gasteiger partial charge in [0.15, 0.2) is 0 Å². The van der Waals surface area contributed by atoms with Crippen molar-refractivity contribution in [2.24, 2.45) is 0 Å². The topological polar surface area (TPSA) is 48.7 Å². The summed E-state index contributed by atoms with van der Waals surface area (Å²) in [7, 11) is 1.71. The monoisotopic (exact) mass is 315 g/mol. The van der Waals surface area contributed by atoms with Crippen LogP contribution in [0.2, 0.25) is 0 Å². The van der Waals surface area contributed by atoms with Crippen LogP contribution in [0.1, 0.15) is 17.5 Å². The van der Waals surface area contributed by atoms with Crippen molar-refractivity contribution in [2.75, 3.05) is 46.5 Å². The van der Waals surface area contributed by atoms with Gasteiger partial charge in [0.2, 0.25) is 0 Å². The van der Waals surface area contributed by atoms with Gasteiger partial charge < -0.3 is 9.47 Å². The van der Waals surface area contributed by atoms with Crippen LogP contribution in [0.3, 0.4) is 0 Å². The van der Waals surface area contributed by atoms with Crippen LogP contribution < -0.4 is 0 Å². The smallest absolute Gasteiger partial charge is 0.0991 e. The highest BCUT2D eigenvalue weighted by molar-refractivity contribution is 5.32. The van der Waals surface area contributed by atoms with Crippen molar-refractivity contribution in [3.05, 3.63) is 35.4 Å². The molecule has 3 rings (SSSR count). The quantitative estimate of drug-likeness (QED) is 0.744. The van der Waals surface area contributed by atoms with Crippen molar-refractivity contribution in [1.82, 2.24) is 9.80 Å². The maximum Gasteiger partial charge on any atom is 0.0991 e. The Balaban J connectivity index is 1.51. The van der Waals surface area contributed by atoms with Gasteiger partial charge in [-0.2, -0.15) is 5.26 Å². The van der Waals surface area contributed by atoms with Gasteiger partial charge >= 0.3 is 0 Å². The van der Waals surface area contributed by atoms with Gasteiger partial charge in [0.25, 0.3) is 0 Å². The fourth-order valence-corrected chi connectivity index (χ4v) is 3.62. The van der Waals surface area contributed by atoms with E-state index in [1.807, 2.05) is 18.2 Å². The molecule has 0 radical (unpaired) electrons. The van der Waals surface area contributed by atoms with Crippen LogP contribution in [-0.2, 0) is 16.0 Å². The summed E-state index contributed by atoms with van der Waals surface area (Å²) in [6.07, 6.45) is 1.45. The van der Waals surface area contributed by atoms with Gasteiger partial charge in [-0.15, -0.1) is 0 Å². The number of methoxy groups -OCH3 is 1. The van der Waals surface area contributed by atoms with E-state index in [4.69, 9.17) is 14.7 Å². The second-order valence-corrected chi connectivity index (χ2v) is 6.42. The number of fused-ring (bicyclic) bond motifs is 1. The Labute approximate surface area is 138 Å². The molecule has 2 atom stereocenters. The molecule has 2 aliphatic heterocycles. The molecule has 0 aromatic heterocycles. The fraction of sp³-hybridized carbons (Fsp3) is 0.611. The lowest BCUT2D eigenvalue weighted by Crippen LogP contribution is -2.49. The van der Waals surface area contributed by atoms with Crippen LogP contribution in [0.15, 0.2) is 24.3 Å². The SMILES string of the molecule is COCCO[C@@H]1C[C@H]2CN(Cc3cccc(C#N)c3)CCN2C1. The lowest BCUT2D eigenvalue weighted by atomic mass is 10.1. The van der Waals surface area contributed by atoms with Crippen molar-refractivity contribution in [3.8, 4) is 6.07 Å². The molecule has 5 heteroatoms. The largest absolute Gasteiger partial charge is 0.382 e. The van der Waals surface area contributed by atoms with E-state index >= 15 is 0 Å². The Morgan fingerprint density at radius 2 is 2.17 bits per heavy atom. The van der Waals surface area contributed by atoms with Crippen LogP contribution in [0.5, 0.6) is 0 Å². The average molecular weight is 315 g/mol. The predicted molar refractivity (Wildman–Crippen MR) is 88.0 cm³/mol. The highest BCUT2D eigenvalue weighted by atomic mass is 16.5. The van der Waals surface area contributed by atoms with Gasteiger partial charge in [0, 0.05) is 45.9 Å². The zero-order valence-electron chi connectivity index (χ0n) is 13.8. The van der Waals surface area contributed by atoms with Crippen molar-refractivity contribution >= 4 is 0 Å².